The standard InChI is InChI=1S/C5H5N2O4/c8-5(9)2-10-1-4-7-6-3-11-4/h1-2H2,(H,8,9). The summed E-state index contributed by atoms with van der Waals surface area (Å²) < 4.78 is 9.17. The second kappa shape index (κ2) is 3.67. The van der Waals surface area contributed by atoms with Crippen LogP contribution in [0.3, 0.4) is 0 Å². The zero-order valence-corrected chi connectivity index (χ0v) is 5.48. The molecule has 0 unspecified atom stereocenters. The lowest BCUT2D eigenvalue weighted by molar-refractivity contribution is -0.142. The van der Waals surface area contributed by atoms with Gasteiger partial charge >= 0.3 is 12.4 Å². The van der Waals surface area contributed by atoms with Crippen LogP contribution in [-0.4, -0.2) is 27.9 Å². The Labute approximate surface area is 61.8 Å². The van der Waals surface area contributed by atoms with Gasteiger partial charge in [0, 0.05) is 0 Å². The first-order valence-electron chi connectivity index (χ1n) is 2.77. The van der Waals surface area contributed by atoms with Gasteiger partial charge in [0.2, 0.25) is 5.89 Å². The maximum Gasteiger partial charge on any atom is 0.329 e. The Morgan fingerprint density at radius 3 is 3.18 bits per heavy atom. The van der Waals surface area contributed by atoms with Crippen molar-refractivity contribution in [3.05, 3.63) is 12.3 Å². The molecule has 0 aliphatic carbocycles. The van der Waals surface area contributed by atoms with Crippen LogP contribution < -0.4 is 0 Å². The maximum atomic E-state index is 9.93. The molecule has 0 spiro atoms. The van der Waals surface area contributed by atoms with E-state index in [0.29, 0.717) is 0 Å². The van der Waals surface area contributed by atoms with E-state index in [1.807, 2.05) is 0 Å². The quantitative estimate of drug-likeness (QED) is 0.632. The average Bonchev–Trinajstić information content (AvgIpc) is 2.39. The summed E-state index contributed by atoms with van der Waals surface area (Å²) in [6.45, 7) is -0.370. The third kappa shape index (κ3) is 2.76. The number of carbonyl (C=O) groups is 1. The van der Waals surface area contributed by atoms with Gasteiger partial charge in [-0.05, 0) is 0 Å². The lowest BCUT2D eigenvalue weighted by Gasteiger charge is -1.93. The van der Waals surface area contributed by atoms with Gasteiger partial charge in [-0.15, -0.1) is 10.2 Å². The number of aliphatic carboxylic acids is 1. The van der Waals surface area contributed by atoms with Gasteiger partial charge in [-0.25, -0.2) is 4.79 Å². The minimum absolute atomic E-state index is 0.00278. The van der Waals surface area contributed by atoms with Crippen LogP contribution in [0, 0.1) is 6.39 Å². The predicted octanol–water partition coefficient (Wildman–Crippen LogP) is -0.529. The Kier molecular flexibility index (Phi) is 2.56. The molecule has 1 rings (SSSR count). The molecule has 0 aliphatic rings. The van der Waals surface area contributed by atoms with Crippen molar-refractivity contribution in [2.24, 2.45) is 0 Å². The Balaban J connectivity index is 2.19. The lowest BCUT2D eigenvalue weighted by atomic mass is 10.7. The summed E-state index contributed by atoms with van der Waals surface area (Å²) in [5.74, 6) is -0.820. The van der Waals surface area contributed by atoms with E-state index in [2.05, 4.69) is 25.7 Å². The molecule has 1 N–H and O–H groups in total. The van der Waals surface area contributed by atoms with Crippen LogP contribution in [-0.2, 0) is 16.1 Å². The van der Waals surface area contributed by atoms with E-state index in [4.69, 9.17) is 5.11 Å². The average molecular weight is 157 g/mol. The summed E-state index contributed by atoms with van der Waals surface area (Å²) in [5.41, 5.74) is 0. The maximum absolute atomic E-state index is 9.93. The SMILES string of the molecule is O=C(O)COCc1nn[c]o1. The molecule has 0 fully saturated rings. The predicted molar refractivity (Wildman–Crippen MR) is 30.4 cm³/mol. The van der Waals surface area contributed by atoms with Crippen LogP contribution in [0.15, 0.2) is 4.42 Å². The molecule has 0 amide bonds. The zero-order valence-electron chi connectivity index (χ0n) is 5.48. The van der Waals surface area contributed by atoms with Gasteiger partial charge in [0.25, 0.3) is 0 Å². The number of hydrogen-bond donors (Lipinski definition) is 1. The first-order valence-corrected chi connectivity index (χ1v) is 2.77. The smallest absolute Gasteiger partial charge is 0.329 e. The summed E-state index contributed by atoms with van der Waals surface area (Å²) in [6, 6.07) is 0. The number of nitrogens with zero attached hydrogens (tertiary/aromatic N) is 2. The molecular formula is C5H5N2O4. The van der Waals surface area contributed by atoms with E-state index in [0.717, 1.165) is 0 Å². The van der Waals surface area contributed by atoms with Gasteiger partial charge in [-0.2, -0.15) is 0 Å². The van der Waals surface area contributed by atoms with Crippen LogP contribution in [0.2, 0.25) is 0 Å². The molecule has 1 heterocycles. The molecule has 0 aliphatic heterocycles. The lowest BCUT2D eigenvalue weighted by Crippen LogP contribution is -2.06. The Morgan fingerprint density at radius 1 is 1.82 bits per heavy atom. The van der Waals surface area contributed by atoms with Crippen molar-refractivity contribution in [1.29, 1.82) is 0 Å². The molecule has 1 radical (unpaired) electrons. The van der Waals surface area contributed by atoms with Gasteiger partial charge < -0.3 is 14.3 Å². The molecule has 0 saturated heterocycles. The van der Waals surface area contributed by atoms with E-state index in [9.17, 15) is 4.79 Å². The first-order chi connectivity index (χ1) is 5.29. The van der Waals surface area contributed by atoms with E-state index >= 15 is 0 Å². The van der Waals surface area contributed by atoms with Crippen LogP contribution >= 0.6 is 0 Å². The van der Waals surface area contributed by atoms with E-state index < -0.39 is 5.97 Å². The van der Waals surface area contributed by atoms with Crippen LogP contribution in [0.4, 0.5) is 0 Å². The highest BCUT2D eigenvalue weighted by molar-refractivity contribution is 5.67. The third-order valence-corrected chi connectivity index (χ3v) is 0.817. The summed E-state index contributed by atoms with van der Waals surface area (Å²) in [7, 11) is 0. The van der Waals surface area contributed by atoms with Crippen molar-refractivity contribution in [3.63, 3.8) is 0 Å². The topological polar surface area (TPSA) is 85.5 Å². The van der Waals surface area contributed by atoms with E-state index in [-0.39, 0.29) is 19.1 Å². The second-order valence-corrected chi connectivity index (χ2v) is 1.67. The summed E-state index contributed by atoms with van der Waals surface area (Å²) >= 11 is 0. The van der Waals surface area contributed by atoms with E-state index in [1.54, 1.807) is 0 Å². The highest BCUT2D eigenvalue weighted by Gasteiger charge is 2.00. The number of ether oxygens (including phenoxy) is 1. The highest BCUT2D eigenvalue weighted by atomic mass is 16.5. The zero-order chi connectivity index (χ0) is 8.10. The second-order valence-electron chi connectivity index (χ2n) is 1.67. The number of rotatable bonds is 4. The number of carboxylic acids is 1. The summed E-state index contributed by atoms with van der Waals surface area (Å²) in [4.78, 5) is 9.93. The van der Waals surface area contributed by atoms with Crippen LogP contribution in [0.5, 0.6) is 0 Å². The molecule has 6 nitrogen and oxygen atoms in total. The van der Waals surface area contributed by atoms with Crippen molar-refractivity contribution in [2.45, 2.75) is 6.61 Å². The Bertz CT molecular complexity index is 220. The van der Waals surface area contributed by atoms with Crippen LogP contribution in [0.1, 0.15) is 5.89 Å². The largest absolute Gasteiger partial charge is 0.480 e. The minimum atomic E-state index is -1.03. The van der Waals surface area contributed by atoms with Crippen molar-refractivity contribution >= 4 is 5.97 Å². The van der Waals surface area contributed by atoms with Gasteiger partial charge in [0.05, 0.1) is 0 Å². The van der Waals surface area contributed by atoms with E-state index in [1.165, 1.54) is 0 Å². The fourth-order valence-corrected chi connectivity index (χ4v) is 0.454. The fourth-order valence-electron chi connectivity index (χ4n) is 0.454. The number of aromatic nitrogens is 2. The monoisotopic (exact) mass is 157 g/mol. The summed E-state index contributed by atoms with van der Waals surface area (Å²) in [5, 5.41) is 14.8. The van der Waals surface area contributed by atoms with Crippen molar-refractivity contribution in [2.75, 3.05) is 6.61 Å². The summed E-state index contributed by atoms with van der Waals surface area (Å²) in [6.07, 6.45) is 2.10. The van der Waals surface area contributed by atoms with Crippen molar-refractivity contribution < 1.29 is 19.1 Å². The normalized spacial score (nSPS) is 9.82. The Hall–Kier alpha value is -1.43. The molecule has 1 aromatic rings. The van der Waals surface area contributed by atoms with Gasteiger partial charge in [0.15, 0.2) is 0 Å². The molecule has 0 atom stereocenters. The number of carboxylic acid groups (broad SMARTS) is 1. The van der Waals surface area contributed by atoms with Gasteiger partial charge in [0.1, 0.15) is 13.2 Å². The Morgan fingerprint density at radius 2 is 2.64 bits per heavy atom. The molecule has 1 aromatic heterocycles. The highest BCUT2D eigenvalue weighted by Crippen LogP contribution is 1.92. The molecule has 0 bridgehead atoms. The van der Waals surface area contributed by atoms with Crippen molar-refractivity contribution in [3.8, 4) is 0 Å². The molecular weight excluding hydrogens is 152 g/mol. The molecule has 0 aromatic carbocycles. The number of hydrogen-bond acceptors (Lipinski definition) is 5. The van der Waals surface area contributed by atoms with Crippen molar-refractivity contribution in [1.82, 2.24) is 10.2 Å². The van der Waals surface area contributed by atoms with Gasteiger partial charge in [-0.1, -0.05) is 0 Å². The molecule has 11 heavy (non-hydrogen) atoms. The third-order valence-electron chi connectivity index (χ3n) is 0.817. The molecule has 6 heteroatoms. The molecule has 0 saturated carbocycles. The fraction of sp³-hybridized carbons (Fsp3) is 0.400. The first kappa shape index (κ1) is 7.67. The minimum Gasteiger partial charge on any atom is -0.480 e. The van der Waals surface area contributed by atoms with Gasteiger partial charge in [-0.3, -0.25) is 0 Å². The van der Waals surface area contributed by atoms with Crippen LogP contribution in [0.25, 0.3) is 0 Å². The molecule has 59 valence electrons.